The number of hydrogen-bond acceptors (Lipinski definition) is 3. The summed E-state index contributed by atoms with van der Waals surface area (Å²) in [5, 5.41) is 1.17. The minimum absolute atomic E-state index is 0.0288. The van der Waals surface area contributed by atoms with Crippen LogP contribution in [-0.4, -0.2) is 4.98 Å². The van der Waals surface area contributed by atoms with Crippen molar-refractivity contribution in [1.29, 1.82) is 0 Å². The molecule has 0 aliphatic heterocycles. The number of aromatic nitrogens is 1. The van der Waals surface area contributed by atoms with Crippen LogP contribution in [0.25, 0.3) is 10.9 Å². The monoisotopic (exact) mass is 282 g/mol. The predicted molar refractivity (Wildman–Crippen MR) is 86.2 cm³/mol. The zero-order valence-corrected chi connectivity index (χ0v) is 12.6. The molecule has 2 heterocycles. The van der Waals surface area contributed by atoms with Crippen LogP contribution in [0, 0.1) is 13.8 Å². The minimum Gasteiger partial charge on any atom is -0.323 e. The van der Waals surface area contributed by atoms with Crippen molar-refractivity contribution < 1.29 is 0 Å². The van der Waals surface area contributed by atoms with E-state index >= 15 is 0 Å². The Balaban J connectivity index is 1.85. The van der Waals surface area contributed by atoms with E-state index in [-0.39, 0.29) is 6.04 Å². The molecule has 2 nitrogen and oxygen atoms in total. The first-order valence-corrected chi connectivity index (χ1v) is 7.62. The molecule has 0 radical (unpaired) electrons. The molecule has 0 saturated carbocycles. The van der Waals surface area contributed by atoms with Gasteiger partial charge in [-0.3, -0.25) is 4.98 Å². The molecular formula is C17H18N2S. The molecule has 0 amide bonds. The third-order valence-corrected chi connectivity index (χ3v) is 4.92. The number of nitrogens with zero attached hydrogens (tertiary/aromatic N) is 1. The zero-order valence-electron chi connectivity index (χ0n) is 11.8. The van der Waals surface area contributed by atoms with Crippen LogP contribution in [0.5, 0.6) is 0 Å². The normalized spacial score (nSPS) is 12.8. The second kappa shape index (κ2) is 5.35. The van der Waals surface area contributed by atoms with Crippen molar-refractivity contribution in [2.75, 3.05) is 0 Å². The molecule has 0 bridgehead atoms. The van der Waals surface area contributed by atoms with Crippen LogP contribution in [-0.2, 0) is 6.42 Å². The average Bonchev–Trinajstić information content (AvgIpc) is 2.79. The molecule has 1 aromatic carbocycles. The fraction of sp³-hybridized carbons (Fsp3) is 0.235. The molecule has 102 valence electrons. The molecular weight excluding hydrogens is 264 g/mol. The van der Waals surface area contributed by atoms with Crippen molar-refractivity contribution in [2.24, 2.45) is 5.73 Å². The highest BCUT2D eigenvalue weighted by molar-refractivity contribution is 7.12. The number of rotatable bonds is 3. The van der Waals surface area contributed by atoms with Gasteiger partial charge in [-0.15, -0.1) is 11.3 Å². The van der Waals surface area contributed by atoms with Crippen LogP contribution < -0.4 is 5.73 Å². The maximum atomic E-state index is 6.32. The van der Waals surface area contributed by atoms with E-state index in [4.69, 9.17) is 10.7 Å². The van der Waals surface area contributed by atoms with Crippen LogP contribution in [0.4, 0.5) is 0 Å². The number of para-hydroxylation sites is 1. The SMILES string of the molecule is Cc1cc(C(N)Cc2ccc3ccccc3n2)sc1C. The zero-order chi connectivity index (χ0) is 14.1. The van der Waals surface area contributed by atoms with Crippen LogP contribution in [0.15, 0.2) is 42.5 Å². The van der Waals surface area contributed by atoms with Gasteiger partial charge in [-0.1, -0.05) is 24.3 Å². The summed E-state index contributed by atoms with van der Waals surface area (Å²) < 4.78 is 0. The lowest BCUT2D eigenvalue weighted by Gasteiger charge is -2.09. The largest absolute Gasteiger partial charge is 0.323 e. The summed E-state index contributed by atoms with van der Waals surface area (Å²) in [6.45, 7) is 4.28. The van der Waals surface area contributed by atoms with Gasteiger partial charge in [0.2, 0.25) is 0 Å². The molecule has 0 saturated heterocycles. The summed E-state index contributed by atoms with van der Waals surface area (Å²) in [5.41, 5.74) is 9.74. The van der Waals surface area contributed by atoms with Gasteiger partial charge in [-0.05, 0) is 37.6 Å². The van der Waals surface area contributed by atoms with Gasteiger partial charge in [-0.25, -0.2) is 0 Å². The second-order valence-corrected chi connectivity index (χ2v) is 6.48. The Bertz CT molecular complexity index is 726. The first-order chi connectivity index (χ1) is 9.63. The molecule has 2 aromatic heterocycles. The Kier molecular flexibility index (Phi) is 3.55. The minimum atomic E-state index is 0.0288. The summed E-state index contributed by atoms with van der Waals surface area (Å²) >= 11 is 1.79. The molecule has 20 heavy (non-hydrogen) atoms. The van der Waals surface area contributed by atoms with E-state index in [1.165, 1.54) is 20.7 Å². The maximum absolute atomic E-state index is 6.32. The van der Waals surface area contributed by atoms with Crippen molar-refractivity contribution in [1.82, 2.24) is 4.98 Å². The van der Waals surface area contributed by atoms with E-state index in [2.05, 4.69) is 38.1 Å². The summed E-state index contributed by atoms with van der Waals surface area (Å²) in [4.78, 5) is 7.29. The van der Waals surface area contributed by atoms with Gasteiger partial charge in [0.25, 0.3) is 0 Å². The Labute approximate surface area is 123 Å². The van der Waals surface area contributed by atoms with Crippen molar-refractivity contribution in [2.45, 2.75) is 26.3 Å². The summed E-state index contributed by atoms with van der Waals surface area (Å²) in [6.07, 6.45) is 0.782. The van der Waals surface area contributed by atoms with E-state index in [1.807, 2.05) is 18.2 Å². The van der Waals surface area contributed by atoms with E-state index < -0.39 is 0 Å². The Morgan fingerprint density at radius 3 is 2.70 bits per heavy atom. The topological polar surface area (TPSA) is 38.9 Å². The first-order valence-electron chi connectivity index (χ1n) is 6.80. The summed E-state index contributed by atoms with van der Waals surface area (Å²) in [6, 6.07) is 14.6. The average molecular weight is 282 g/mol. The van der Waals surface area contributed by atoms with Crippen LogP contribution in [0.2, 0.25) is 0 Å². The molecule has 3 aromatic rings. The van der Waals surface area contributed by atoms with E-state index in [1.54, 1.807) is 11.3 Å². The van der Waals surface area contributed by atoms with Crippen molar-refractivity contribution in [3.8, 4) is 0 Å². The highest BCUT2D eigenvalue weighted by Crippen LogP contribution is 2.27. The Morgan fingerprint density at radius 2 is 1.95 bits per heavy atom. The molecule has 3 heteroatoms. The van der Waals surface area contributed by atoms with Crippen molar-refractivity contribution >= 4 is 22.2 Å². The van der Waals surface area contributed by atoms with Gasteiger partial charge >= 0.3 is 0 Å². The smallest absolute Gasteiger partial charge is 0.0705 e. The van der Waals surface area contributed by atoms with Gasteiger partial charge in [0.15, 0.2) is 0 Å². The van der Waals surface area contributed by atoms with E-state index in [0.29, 0.717) is 0 Å². The number of pyridine rings is 1. The molecule has 0 spiro atoms. The molecule has 0 aliphatic carbocycles. The second-order valence-electron chi connectivity index (χ2n) is 5.19. The number of thiophene rings is 1. The van der Waals surface area contributed by atoms with Crippen LogP contribution >= 0.6 is 11.3 Å². The number of hydrogen-bond donors (Lipinski definition) is 1. The highest BCUT2D eigenvalue weighted by Gasteiger charge is 2.12. The van der Waals surface area contributed by atoms with Crippen molar-refractivity contribution in [3.63, 3.8) is 0 Å². The van der Waals surface area contributed by atoms with Gasteiger partial charge in [0.1, 0.15) is 0 Å². The fourth-order valence-electron chi connectivity index (χ4n) is 2.33. The van der Waals surface area contributed by atoms with Crippen LogP contribution in [0.3, 0.4) is 0 Å². The van der Waals surface area contributed by atoms with E-state index in [0.717, 1.165) is 17.6 Å². The standard InChI is InChI=1S/C17H18N2S/c1-11-9-17(20-12(11)2)15(18)10-14-8-7-13-5-3-4-6-16(13)19-14/h3-9,15H,10,18H2,1-2H3. The molecule has 0 fully saturated rings. The predicted octanol–water partition coefficient (Wildman–Crippen LogP) is 4.16. The molecule has 2 N–H and O–H groups in total. The van der Waals surface area contributed by atoms with Crippen molar-refractivity contribution in [3.05, 3.63) is 63.5 Å². The highest BCUT2D eigenvalue weighted by atomic mass is 32.1. The fourth-order valence-corrected chi connectivity index (χ4v) is 3.38. The lowest BCUT2D eigenvalue weighted by atomic mass is 10.1. The molecule has 3 rings (SSSR count). The molecule has 1 atom stereocenters. The number of aryl methyl sites for hydroxylation is 2. The van der Waals surface area contributed by atoms with Gasteiger partial charge < -0.3 is 5.73 Å². The van der Waals surface area contributed by atoms with E-state index in [9.17, 15) is 0 Å². The van der Waals surface area contributed by atoms with Gasteiger partial charge in [0, 0.05) is 33.3 Å². The number of benzene rings is 1. The summed E-state index contributed by atoms with van der Waals surface area (Å²) in [5.74, 6) is 0. The lowest BCUT2D eigenvalue weighted by Crippen LogP contribution is -2.12. The summed E-state index contributed by atoms with van der Waals surface area (Å²) in [7, 11) is 0. The number of fused-ring (bicyclic) bond motifs is 1. The molecule has 0 aliphatic rings. The third-order valence-electron chi connectivity index (χ3n) is 3.64. The third kappa shape index (κ3) is 2.60. The molecule has 1 unspecified atom stereocenters. The number of nitrogens with two attached hydrogens (primary N) is 1. The maximum Gasteiger partial charge on any atom is 0.0705 e. The van der Waals surface area contributed by atoms with Gasteiger partial charge in [-0.2, -0.15) is 0 Å². The Hall–Kier alpha value is -1.71. The van der Waals surface area contributed by atoms with Gasteiger partial charge in [0.05, 0.1) is 5.52 Å². The van der Waals surface area contributed by atoms with Crippen LogP contribution in [0.1, 0.15) is 27.1 Å². The first kappa shape index (κ1) is 13.3. The Morgan fingerprint density at radius 1 is 1.15 bits per heavy atom. The quantitative estimate of drug-likeness (QED) is 0.783. The lowest BCUT2D eigenvalue weighted by molar-refractivity contribution is 0.722.